The summed E-state index contributed by atoms with van der Waals surface area (Å²) in [5, 5.41) is 0. The van der Waals surface area contributed by atoms with E-state index in [0.717, 1.165) is 43.0 Å². The molecule has 2 aromatic rings. The minimum absolute atomic E-state index is 0.536. The topological polar surface area (TPSA) is 65.5 Å². The average molecular weight is 278 g/mol. The number of hydrogen-bond donors (Lipinski definition) is 1. The van der Waals surface area contributed by atoms with Gasteiger partial charge in [0.25, 0.3) is 0 Å². The van der Waals surface area contributed by atoms with Crippen molar-refractivity contribution in [2.45, 2.75) is 6.54 Å². The first-order valence-corrected chi connectivity index (χ1v) is 6.63. The van der Waals surface area contributed by atoms with E-state index in [1.807, 2.05) is 22.8 Å². The van der Waals surface area contributed by atoms with E-state index in [-0.39, 0.29) is 0 Å². The average Bonchev–Trinajstić information content (AvgIpc) is 2.77. The SMILES string of the molecule is COCCN(C)CCn1c(N)nc2ccc(OC)cc21. The number of likely N-dealkylation sites (N-methyl/N-ethyl adjacent to an activating group) is 1. The number of rotatable bonds is 7. The number of anilines is 1. The molecule has 0 aliphatic rings. The van der Waals surface area contributed by atoms with Crippen LogP contribution in [0.1, 0.15) is 0 Å². The summed E-state index contributed by atoms with van der Waals surface area (Å²) in [5.41, 5.74) is 7.89. The van der Waals surface area contributed by atoms with Gasteiger partial charge in [0, 0.05) is 32.8 Å². The highest BCUT2D eigenvalue weighted by molar-refractivity contribution is 5.79. The normalized spacial score (nSPS) is 11.4. The summed E-state index contributed by atoms with van der Waals surface area (Å²) in [6.45, 7) is 3.29. The Morgan fingerprint density at radius 1 is 1.30 bits per heavy atom. The quantitative estimate of drug-likeness (QED) is 0.824. The molecule has 0 bridgehead atoms. The highest BCUT2D eigenvalue weighted by Gasteiger charge is 2.09. The number of fused-ring (bicyclic) bond motifs is 1. The molecule has 6 nitrogen and oxygen atoms in total. The van der Waals surface area contributed by atoms with E-state index in [0.29, 0.717) is 5.95 Å². The van der Waals surface area contributed by atoms with Crippen molar-refractivity contribution >= 4 is 17.0 Å². The number of nitrogens with zero attached hydrogens (tertiary/aromatic N) is 3. The second kappa shape index (κ2) is 6.58. The molecule has 0 saturated carbocycles. The van der Waals surface area contributed by atoms with E-state index >= 15 is 0 Å². The first kappa shape index (κ1) is 14.6. The third-order valence-electron chi connectivity index (χ3n) is 3.37. The molecule has 0 atom stereocenters. The van der Waals surface area contributed by atoms with Crippen LogP contribution in [-0.2, 0) is 11.3 Å². The fourth-order valence-corrected chi connectivity index (χ4v) is 2.11. The smallest absolute Gasteiger partial charge is 0.201 e. The molecule has 2 N–H and O–H groups in total. The zero-order valence-electron chi connectivity index (χ0n) is 12.3. The fraction of sp³-hybridized carbons (Fsp3) is 0.500. The predicted molar refractivity (Wildman–Crippen MR) is 80.1 cm³/mol. The van der Waals surface area contributed by atoms with Crippen molar-refractivity contribution in [1.29, 1.82) is 0 Å². The van der Waals surface area contributed by atoms with Crippen LogP contribution in [0.25, 0.3) is 11.0 Å². The van der Waals surface area contributed by atoms with Gasteiger partial charge < -0.3 is 24.7 Å². The van der Waals surface area contributed by atoms with Crippen molar-refractivity contribution in [2.24, 2.45) is 0 Å². The van der Waals surface area contributed by atoms with Gasteiger partial charge in [-0.3, -0.25) is 0 Å². The van der Waals surface area contributed by atoms with Gasteiger partial charge in [-0.25, -0.2) is 4.98 Å². The summed E-state index contributed by atoms with van der Waals surface area (Å²) in [4.78, 5) is 6.57. The summed E-state index contributed by atoms with van der Waals surface area (Å²) in [5.74, 6) is 1.35. The van der Waals surface area contributed by atoms with Gasteiger partial charge in [-0.15, -0.1) is 0 Å². The monoisotopic (exact) mass is 278 g/mol. The van der Waals surface area contributed by atoms with Crippen LogP contribution >= 0.6 is 0 Å². The van der Waals surface area contributed by atoms with Gasteiger partial charge in [0.15, 0.2) is 0 Å². The first-order valence-electron chi connectivity index (χ1n) is 6.63. The summed E-state index contributed by atoms with van der Waals surface area (Å²) >= 11 is 0. The molecular weight excluding hydrogens is 256 g/mol. The first-order chi connectivity index (χ1) is 9.65. The van der Waals surface area contributed by atoms with Gasteiger partial charge in [0.1, 0.15) is 5.75 Å². The van der Waals surface area contributed by atoms with Crippen LogP contribution in [0.3, 0.4) is 0 Å². The lowest BCUT2D eigenvalue weighted by Gasteiger charge is -2.17. The lowest BCUT2D eigenvalue weighted by Crippen LogP contribution is -2.27. The Hall–Kier alpha value is -1.79. The standard InChI is InChI=1S/C14H22N4O2/c1-17(8-9-19-2)6-7-18-13-10-11(20-3)4-5-12(13)16-14(18)15/h4-5,10H,6-9H2,1-3H3,(H2,15,16). The molecule has 1 heterocycles. The van der Waals surface area contributed by atoms with Crippen molar-refractivity contribution in [3.63, 3.8) is 0 Å². The van der Waals surface area contributed by atoms with E-state index in [9.17, 15) is 0 Å². The highest BCUT2D eigenvalue weighted by Crippen LogP contribution is 2.22. The molecular formula is C14H22N4O2. The summed E-state index contributed by atoms with van der Waals surface area (Å²) in [6, 6.07) is 5.79. The molecule has 0 aliphatic carbocycles. The Labute approximate surface area is 119 Å². The van der Waals surface area contributed by atoms with Gasteiger partial charge in [0.2, 0.25) is 5.95 Å². The minimum Gasteiger partial charge on any atom is -0.497 e. The second-order valence-electron chi connectivity index (χ2n) is 4.77. The number of hydrogen-bond acceptors (Lipinski definition) is 5. The molecule has 0 radical (unpaired) electrons. The Balaban J connectivity index is 2.14. The number of methoxy groups -OCH3 is 2. The van der Waals surface area contributed by atoms with Crippen molar-refractivity contribution in [2.75, 3.05) is 46.7 Å². The van der Waals surface area contributed by atoms with Crippen LogP contribution in [-0.4, -0.2) is 55.4 Å². The van der Waals surface area contributed by atoms with Crippen LogP contribution in [0.4, 0.5) is 5.95 Å². The molecule has 0 aliphatic heterocycles. The number of nitrogen functional groups attached to an aromatic ring is 1. The predicted octanol–water partition coefficient (Wildman–Crippen LogP) is 1.21. The molecule has 2 rings (SSSR count). The number of benzene rings is 1. The third kappa shape index (κ3) is 3.20. The molecule has 0 unspecified atom stereocenters. The Morgan fingerprint density at radius 3 is 2.80 bits per heavy atom. The molecule has 20 heavy (non-hydrogen) atoms. The van der Waals surface area contributed by atoms with Crippen LogP contribution < -0.4 is 10.5 Å². The van der Waals surface area contributed by atoms with Crippen molar-refractivity contribution in [3.05, 3.63) is 18.2 Å². The van der Waals surface area contributed by atoms with Gasteiger partial charge in [-0.05, 0) is 19.2 Å². The Kier molecular flexibility index (Phi) is 4.81. The van der Waals surface area contributed by atoms with Gasteiger partial charge in [0.05, 0.1) is 24.8 Å². The zero-order valence-corrected chi connectivity index (χ0v) is 12.3. The fourth-order valence-electron chi connectivity index (χ4n) is 2.11. The highest BCUT2D eigenvalue weighted by atomic mass is 16.5. The van der Waals surface area contributed by atoms with Gasteiger partial charge >= 0.3 is 0 Å². The minimum atomic E-state index is 0.536. The van der Waals surface area contributed by atoms with E-state index in [1.54, 1.807) is 14.2 Å². The summed E-state index contributed by atoms with van der Waals surface area (Å²) in [6.07, 6.45) is 0. The van der Waals surface area contributed by atoms with Crippen molar-refractivity contribution in [1.82, 2.24) is 14.5 Å². The van der Waals surface area contributed by atoms with Crippen LogP contribution in [0, 0.1) is 0 Å². The van der Waals surface area contributed by atoms with Gasteiger partial charge in [-0.1, -0.05) is 0 Å². The second-order valence-corrected chi connectivity index (χ2v) is 4.77. The molecule has 1 aromatic carbocycles. The Bertz CT molecular complexity index is 568. The number of nitrogens with two attached hydrogens (primary N) is 1. The van der Waals surface area contributed by atoms with E-state index in [4.69, 9.17) is 15.2 Å². The molecule has 0 saturated heterocycles. The van der Waals surface area contributed by atoms with E-state index < -0.39 is 0 Å². The lowest BCUT2D eigenvalue weighted by atomic mass is 10.3. The van der Waals surface area contributed by atoms with Crippen LogP contribution in [0.15, 0.2) is 18.2 Å². The molecule has 6 heteroatoms. The molecule has 0 fully saturated rings. The maximum atomic E-state index is 6.00. The van der Waals surface area contributed by atoms with Crippen molar-refractivity contribution < 1.29 is 9.47 Å². The van der Waals surface area contributed by atoms with E-state index in [2.05, 4.69) is 16.9 Å². The third-order valence-corrected chi connectivity index (χ3v) is 3.37. The zero-order chi connectivity index (χ0) is 14.5. The number of imidazole rings is 1. The maximum absolute atomic E-state index is 6.00. The Morgan fingerprint density at radius 2 is 2.10 bits per heavy atom. The lowest BCUT2D eigenvalue weighted by molar-refractivity contribution is 0.159. The maximum Gasteiger partial charge on any atom is 0.201 e. The molecule has 0 amide bonds. The summed E-state index contributed by atoms with van der Waals surface area (Å²) < 4.78 is 12.3. The van der Waals surface area contributed by atoms with Gasteiger partial charge in [-0.2, -0.15) is 0 Å². The molecule has 0 spiro atoms. The molecule has 110 valence electrons. The number of ether oxygens (including phenoxy) is 2. The van der Waals surface area contributed by atoms with E-state index in [1.165, 1.54) is 0 Å². The summed E-state index contributed by atoms with van der Waals surface area (Å²) in [7, 11) is 5.43. The largest absolute Gasteiger partial charge is 0.497 e. The number of aromatic nitrogens is 2. The van der Waals surface area contributed by atoms with Crippen LogP contribution in [0.2, 0.25) is 0 Å². The molecule has 1 aromatic heterocycles. The van der Waals surface area contributed by atoms with Crippen molar-refractivity contribution in [3.8, 4) is 5.75 Å². The van der Waals surface area contributed by atoms with Crippen LogP contribution in [0.5, 0.6) is 5.75 Å².